The highest BCUT2D eigenvalue weighted by molar-refractivity contribution is 5.79. The van der Waals surface area contributed by atoms with Crippen LogP contribution in [0.15, 0.2) is 0 Å². The van der Waals surface area contributed by atoms with E-state index >= 15 is 0 Å². The van der Waals surface area contributed by atoms with E-state index in [0.717, 1.165) is 38.5 Å². The molecule has 0 aromatic heterocycles. The first kappa shape index (κ1) is 18.2. The van der Waals surface area contributed by atoms with Crippen LogP contribution in [0, 0.1) is 23.2 Å². The van der Waals surface area contributed by atoms with E-state index in [9.17, 15) is 15.2 Å². The zero-order chi connectivity index (χ0) is 17.0. The van der Waals surface area contributed by atoms with Gasteiger partial charge in [0.15, 0.2) is 0 Å². The number of nitriles is 1. The Bertz CT molecular complexity index is 446. The van der Waals surface area contributed by atoms with Gasteiger partial charge in [0.1, 0.15) is 6.04 Å². The van der Waals surface area contributed by atoms with Crippen molar-refractivity contribution in [1.29, 1.82) is 5.26 Å². The summed E-state index contributed by atoms with van der Waals surface area (Å²) in [6.45, 7) is 7.03. The molecule has 0 bridgehead atoms. The van der Waals surface area contributed by atoms with Gasteiger partial charge in [-0.25, -0.2) is 0 Å². The summed E-state index contributed by atoms with van der Waals surface area (Å²) in [6.07, 6.45) is 5.38. The number of amides is 1. The van der Waals surface area contributed by atoms with Gasteiger partial charge in [0.05, 0.1) is 18.7 Å². The van der Waals surface area contributed by atoms with Crippen LogP contribution in [0.5, 0.6) is 0 Å². The van der Waals surface area contributed by atoms with Gasteiger partial charge in [0, 0.05) is 12.1 Å². The van der Waals surface area contributed by atoms with Gasteiger partial charge in [-0.05, 0) is 57.8 Å². The summed E-state index contributed by atoms with van der Waals surface area (Å²) in [5.41, 5.74) is -0.0164. The molecule has 0 aromatic rings. The third-order valence-electron chi connectivity index (χ3n) is 5.66. The second-order valence-electron chi connectivity index (χ2n) is 7.58. The standard InChI is InChI=1S/C18H31N3O2/c1-4-6-15(11-19)21(5-2)17(23)12-20-18(3)9-13-7-16(22)8-14(13)10-18/h13-16,20,22H,4-10,12H2,1-3H3/t13-,14+,15-,16?,18?/m0/s1. The number of hydrogen-bond acceptors (Lipinski definition) is 4. The van der Waals surface area contributed by atoms with E-state index in [1.807, 2.05) is 13.8 Å². The number of likely N-dealkylation sites (N-methyl/N-ethyl adjacent to an activating group) is 1. The molecule has 2 N–H and O–H groups in total. The number of aliphatic hydroxyl groups is 1. The van der Waals surface area contributed by atoms with Crippen molar-refractivity contribution in [3.8, 4) is 6.07 Å². The highest BCUT2D eigenvalue weighted by Crippen LogP contribution is 2.48. The quantitative estimate of drug-likeness (QED) is 0.752. The topological polar surface area (TPSA) is 76.4 Å². The zero-order valence-corrected chi connectivity index (χ0v) is 14.7. The number of nitrogens with one attached hydrogen (secondary N) is 1. The lowest BCUT2D eigenvalue weighted by atomic mass is 9.95. The number of aliphatic hydroxyl groups excluding tert-OH is 1. The van der Waals surface area contributed by atoms with Gasteiger partial charge in [-0.1, -0.05) is 13.3 Å². The zero-order valence-electron chi connectivity index (χ0n) is 14.7. The minimum absolute atomic E-state index is 0.0164. The van der Waals surface area contributed by atoms with Gasteiger partial charge in [0.25, 0.3) is 0 Å². The van der Waals surface area contributed by atoms with Crippen molar-refractivity contribution in [2.24, 2.45) is 11.8 Å². The van der Waals surface area contributed by atoms with Gasteiger partial charge < -0.3 is 15.3 Å². The molecule has 2 saturated carbocycles. The van der Waals surface area contributed by atoms with Gasteiger partial charge in [-0.3, -0.25) is 4.79 Å². The normalized spacial score (nSPS) is 34.0. The molecule has 5 atom stereocenters. The lowest BCUT2D eigenvalue weighted by Gasteiger charge is -2.30. The average Bonchev–Trinajstić information content (AvgIpc) is 2.98. The Morgan fingerprint density at radius 3 is 2.48 bits per heavy atom. The van der Waals surface area contributed by atoms with Gasteiger partial charge in [-0.2, -0.15) is 5.26 Å². The van der Waals surface area contributed by atoms with Gasteiger partial charge >= 0.3 is 0 Å². The molecule has 2 aliphatic rings. The van der Waals surface area contributed by atoms with Crippen LogP contribution in [0.4, 0.5) is 0 Å². The largest absolute Gasteiger partial charge is 0.393 e. The van der Waals surface area contributed by atoms with Crippen LogP contribution in [-0.2, 0) is 4.79 Å². The summed E-state index contributed by atoms with van der Waals surface area (Å²) in [5, 5.41) is 22.5. The second-order valence-corrected chi connectivity index (χ2v) is 7.58. The summed E-state index contributed by atoms with van der Waals surface area (Å²) < 4.78 is 0. The molecule has 5 nitrogen and oxygen atoms in total. The molecule has 2 fully saturated rings. The molecule has 5 heteroatoms. The molecule has 2 rings (SSSR count). The fourth-order valence-corrected chi connectivity index (χ4v) is 4.59. The number of nitrogens with zero attached hydrogens (tertiary/aromatic N) is 2. The van der Waals surface area contributed by atoms with E-state index in [-0.39, 0.29) is 23.6 Å². The minimum atomic E-state index is -0.315. The molecule has 23 heavy (non-hydrogen) atoms. The highest BCUT2D eigenvalue weighted by atomic mass is 16.3. The lowest BCUT2D eigenvalue weighted by Crippen LogP contribution is -2.49. The van der Waals surface area contributed by atoms with Crippen molar-refractivity contribution in [1.82, 2.24) is 10.2 Å². The molecular formula is C18H31N3O2. The average molecular weight is 321 g/mol. The molecular weight excluding hydrogens is 290 g/mol. The van der Waals surface area contributed by atoms with E-state index in [1.54, 1.807) is 4.90 Å². The monoisotopic (exact) mass is 321 g/mol. The van der Waals surface area contributed by atoms with E-state index in [1.165, 1.54) is 0 Å². The maximum atomic E-state index is 12.5. The Kier molecular flexibility index (Phi) is 6.05. The molecule has 0 aromatic carbocycles. The molecule has 2 aliphatic carbocycles. The van der Waals surface area contributed by atoms with E-state index in [0.29, 0.717) is 24.9 Å². The van der Waals surface area contributed by atoms with Crippen molar-refractivity contribution in [2.75, 3.05) is 13.1 Å². The molecule has 0 saturated heterocycles. The van der Waals surface area contributed by atoms with Gasteiger partial charge in [0.2, 0.25) is 5.91 Å². The van der Waals surface area contributed by atoms with Crippen LogP contribution in [0.1, 0.15) is 59.3 Å². The van der Waals surface area contributed by atoms with Crippen molar-refractivity contribution in [3.05, 3.63) is 0 Å². The van der Waals surface area contributed by atoms with E-state index in [2.05, 4.69) is 18.3 Å². The predicted octanol–water partition coefficient (Wildman–Crippen LogP) is 2.06. The second kappa shape index (κ2) is 7.63. The molecule has 1 amide bonds. The van der Waals surface area contributed by atoms with Crippen molar-refractivity contribution in [2.45, 2.75) is 77.0 Å². The summed E-state index contributed by atoms with van der Waals surface area (Å²) in [6, 6.07) is 1.94. The predicted molar refractivity (Wildman–Crippen MR) is 89.6 cm³/mol. The smallest absolute Gasteiger partial charge is 0.237 e. The number of carbonyl (C=O) groups is 1. The first-order valence-corrected chi connectivity index (χ1v) is 9.04. The lowest BCUT2D eigenvalue weighted by molar-refractivity contribution is -0.131. The molecule has 0 aliphatic heterocycles. The van der Waals surface area contributed by atoms with Crippen LogP contribution >= 0.6 is 0 Å². The fourth-order valence-electron chi connectivity index (χ4n) is 4.59. The third kappa shape index (κ3) is 4.24. The van der Waals surface area contributed by atoms with Crippen LogP contribution < -0.4 is 5.32 Å². The molecule has 0 spiro atoms. The number of hydrogen-bond donors (Lipinski definition) is 2. The number of carbonyl (C=O) groups excluding carboxylic acids is 1. The third-order valence-corrected chi connectivity index (χ3v) is 5.66. The molecule has 0 heterocycles. The summed E-state index contributed by atoms with van der Waals surface area (Å²) in [4.78, 5) is 14.2. The van der Waals surface area contributed by atoms with Crippen molar-refractivity contribution in [3.63, 3.8) is 0 Å². The summed E-state index contributed by atoms with van der Waals surface area (Å²) in [5.74, 6) is 1.20. The molecule has 0 radical (unpaired) electrons. The maximum Gasteiger partial charge on any atom is 0.237 e. The summed E-state index contributed by atoms with van der Waals surface area (Å²) >= 11 is 0. The van der Waals surface area contributed by atoms with Crippen molar-refractivity contribution >= 4 is 5.91 Å². The number of fused-ring (bicyclic) bond motifs is 1. The first-order chi connectivity index (χ1) is 10.9. The summed E-state index contributed by atoms with van der Waals surface area (Å²) in [7, 11) is 0. The Labute approximate surface area is 140 Å². The Balaban J connectivity index is 1.87. The van der Waals surface area contributed by atoms with Crippen LogP contribution in [0.2, 0.25) is 0 Å². The Morgan fingerprint density at radius 2 is 2.00 bits per heavy atom. The SMILES string of the molecule is CCC[C@@H](C#N)N(CC)C(=O)CNC1(C)C[C@H]2CC(O)C[C@H]2C1. The molecule has 2 unspecified atom stereocenters. The van der Waals surface area contributed by atoms with Crippen LogP contribution in [-0.4, -0.2) is 46.7 Å². The van der Waals surface area contributed by atoms with Crippen LogP contribution in [0.3, 0.4) is 0 Å². The maximum absolute atomic E-state index is 12.5. The first-order valence-electron chi connectivity index (χ1n) is 9.04. The van der Waals surface area contributed by atoms with E-state index < -0.39 is 0 Å². The number of rotatable bonds is 7. The van der Waals surface area contributed by atoms with Crippen molar-refractivity contribution < 1.29 is 9.90 Å². The fraction of sp³-hybridized carbons (Fsp3) is 0.889. The van der Waals surface area contributed by atoms with Gasteiger partial charge in [-0.15, -0.1) is 0 Å². The Hall–Kier alpha value is -1.12. The Morgan fingerprint density at radius 1 is 1.39 bits per heavy atom. The minimum Gasteiger partial charge on any atom is -0.393 e. The molecule has 130 valence electrons. The highest BCUT2D eigenvalue weighted by Gasteiger charge is 2.46. The van der Waals surface area contributed by atoms with E-state index in [4.69, 9.17) is 0 Å². The van der Waals surface area contributed by atoms with Crippen LogP contribution in [0.25, 0.3) is 0 Å².